The smallest absolute Gasteiger partial charge is 0.149 e. The Hall–Kier alpha value is -4.49. The van der Waals surface area contributed by atoms with Crippen molar-refractivity contribution in [2.24, 2.45) is 0 Å². The molecule has 29 heavy (non-hydrogen) atoms. The summed E-state index contributed by atoms with van der Waals surface area (Å²) in [5, 5.41) is 37.2. The van der Waals surface area contributed by atoms with Gasteiger partial charge in [-0.25, -0.2) is 0 Å². The first-order valence-electron chi connectivity index (χ1n) is 8.13. The summed E-state index contributed by atoms with van der Waals surface area (Å²) in [6, 6.07) is 21.7. The molecule has 0 atom stereocenters. The summed E-state index contributed by atoms with van der Waals surface area (Å²) in [6.07, 6.45) is 0. The van der Waals surface area contributed by atoms with Gasteiger partial charge in [-0.05, 0) is 36.4 Å². The van der Waals surface area contributed by atoms with Crippen LogP contribution in [-0.2, 0) is 0 Å². The lowest BCUT2D eigenvalue weighted by Gasteiger charge is -2.13. The van der Waals surface area contributed by atoms with E-state index in [0.29, 0.717) is 5.75 Å². The Morgan fingerprint density at radius 2 is 1.17 bits per heavy atom. The van der Waals surface area contributed by atoms with Crippen molar-refractivity contribution < 1.29 is 9.47 Å². The van der Waals surface area contributed by atoms with Gasteiger partial charge in [-0.15, -0.1) is 0 Å². The Kier molecular flexibility index (Phi) is 5.63. The van der Waals surface area contributed by atoms with Crippen molar-refractivity contribution in [1.82, 2.24) is 0 Å². The zero-order chi connectivity index (χ0) is 20.8. The fourth-order valence-corrected chi connectivity index (χ4v) is 2.68. The van der Waals surface area contributed by atoms with Crippen LogP contribution in [0.2, 0.25) is 5.02 Å². The summed E-state index contributed by atoms with van der Waals surface area (Å²) in [6.45, 7) is 0. The first-order valence-corrected chi connectivity index (χ1v) is 8.50. The normalized spacial score (nSPS) is 9.41. The lowest BCUT2D eigenvalue weighted by Crippen LogP contribution is -1.94. The van der Waals surface area contributed by atoms with Gasteiger partial charge in [-0.2, -0.15) is 21.0 Å². The fraction of sp³-hybridized carbons (Fsp3) is 0. The largest absolute Gasteiger partial charge is 0.456 e. The van der Waals surface area contributed by atoms with E-state index in [-0.39, 0.29) is 44.5 Å². The molecule has 0 saturated carbocycles. The zero-order valence-electron chi connectivity index (χ0n) is 14.7. The zero-order valence-corrected chi connectivity index (χ0v) is 15.4. The molecule has 0 bridgehead atoms. The van der Waals surface area contributed by atoms with Gasteiger partial charge in [-0.3, -0.25) is 0 Å². The monoisotopic (exact) mass is 396 g/mol. The average molecular weight is 397 g/mol. The van der Waals surface area contributed by atoms with E-state index in [1.807, 2.05) is 24.3 Å². The van der Waals surface area contributed by atoms with E-state index in [1.165, 1.54) is 24.3 Å². The van der Waals surface area contributed by atoms with Crippen LogP contribution in [0.1, 0.15) is 22.3 Å². The van der Waals surface area contributed by atoms with Crippen molar-refractivity contribution in [3.05, 3.63) is 81.9 Å². The molecule has 0 radical (unpaired) electrons. The lowest BCUT2D eigenvalue weighted by molar-refractivity contribution is 0.459. The van der Waals surface area contributed by atoms with Gasteiger partial charge in [0.2, 0.25) is 0 Å². The molecule has 0 aliphatic rings. The number of rotatable bonds is 4. The molecule has 3 aromatic carbocycles. The van der Waals surface area contributed by atoms with E-state index < -0.39 is 0 Å². The summed E-state index contributed by atoms with van der Waals surface area (Å²) in [7, 11) is 0. The van der Waals surface area contributed by atoms with Crippen LogP contribution >= 0.6 is 11.6 Å². The first kappa shape index (κ1) is 19.3. The van der Waals surface area contributed by atoms with Crippen LogP contribution in [0, 0.1) is 45.3 Å². The second-order valence-electron chi connectivity index (χ2n) is 5.60. The van der Waals surface area contributed by atoms with Crippen LogP contribution in [0.15, 0.2) is 54.6 Å². The average Bonchev–Trinajstić information content (AvgIpc) is 2.75. The highest BCUT2D eigenvalue weighted by molar-refractivity contribution is 6.32. The molecule has 0 amide bonds. The topological polar surface area (TPSA) is 114 Å². The van der Waals surface area contributed by atoms with Crippen molar-refractivity contribution in [3.8, 4) is 47.3 Å². The maximum absolute atomic E-state index is 9.34. The summed E-state index contributed by atoms with van der Waals surface area (Å²) in [5.74, 6) is 0.899. The molecule has 6 nitrogen and oxygen atoms in total. The minimum absolute atomic E-state index is 0.0888. The Morgan fingerprint density at radius 1 is 0.621 bits per heavy atom. The molecule has 136 valence electrons. The van der Waals surface area contributed by atoms with Gasteiger partial charge < -0.3 is 9.47 Å². The van der Waals surface area contributed by atoms with Crippen molar-refractivity contribution in [2.75, 3.05) is 0 Å². The highest BCUT2D eigenvalue weighted by atomic mass is 35.5. The number of hydrogen-bond acceptors (Lipinski definition) is 6. The Morgan fingerprint density at radius 3 is 1.69 bits per heavy atom. The van der Waals surface area contributed by atoms with Crippen LogP contribution in [0.25, 0.3) is 0 Å². The van der Waals surface area contributed by atoms with E-state index in [0.717, 1.165) is 0 Å². The molecular weight excluding hydrogens is 388 g/mol. The number of nitriles is 4. The van der Waals surface area contributed by atoms with Gasteiger partial charge in [-0.1, -0.05) is 23.7 Å². The number of hydrogen-bond donors (Lipinski definition) is 0. The van der Waals surface area contributed by atoms with Crippen LogP contribution in [0.5, 0.6) is 23.0 Å². The van der Waals surface area contributed by atoms with E-state index in [2.05, 4.69) is 0 Å². The molecule has 0 unspecified atom stereocenters. The molecular formula is C22H9ClN4O2. The molecule has 0 N–H and O–H groups in total. The van der Waals surface area contributed by atoms with Crippen LogP contribution in [-0.4, -0.2) is 0 Å². The van der Waals surface area contributed by atoms with Crippen LogP contribution in [0.3, 0.4) is 0 Å². The molecule has 0 aromatic heterocycles. The quantitative estimate of drug-likeness (QED) is 0.582. The van der Waals surface area contributed by atoms with E-state index >= 15 is 0 Å². The number of benzene rings is 3. The lowest BCUT2D eigenvalue weighted by atomic mass is 10.1. The number of ether oxygens (including phenoxy) is 2. The first-order chi connectivity index (χ1) is 14.1. The third-order valence-corrected chi connectivity index (χ3v) is 4.18. The SMILES string of the molecule is N#Cc1cccc(Oc2ccc(Cl)c(Oc3cccc(C#N)c3C#N)c2)c1C#N. The Balaban J connectivity index is 1.98. The molecule has 0 fully saturated rings. The molecule has 0 heterocycles. The predicted octanol–water partition coefficient (Wildman–Crippen LogP) is 5.41. The van der Waals surface area contributed by atoms with Gasteiger partial charge in [0.05, 0.1) is 16.1 Å². The van der Waals surface area contributed by atoms with Crippen molar-refractivity contribution in [1.29, 1.82) is 21.0 Å². The highest BCUT2D eigenvalue weighted by Crippen LogP contribution is 2.37. The van der Waals surface area contributed by atoms with Gasteiger partial charge >= 0.3 is 0 Å². The summed E-state index contributed by atoms with van der Waals surface area (Å²) < 4.78 is 11.5. The minimum atomic E-state index is 0.0888. The Labute approximate surface area is 171 Å². The van der Waals surface area contributed by atoms with Crippen molar-refractivity contribution in [3.63, 3.8) is 0 Å². The van der Waals surface area contributed by atoms with Crippen molar-refractivity contribution in [2.45, 2.75) is 0 Å². The second-order valence-corrected chi connectivity index (χ2v) is 6.01. The third kappa shape index (κ3) is 3.95. The van der Waals surface area contributed by atoms with Crippen LogP contribution < -0.4 is 9.47 Å². The van der Waals surface area contributed by atoms with Gasteiger partial charge in [0.15, 0.2) is 0 Å². The maximum Gasteiger partial charge on any atom is 0.149 e. The van der Waals surface area contributed by atoms with E-state index in [4.69, 9.17) is 31.6 Å². The molecule has 0 spiro atoms. The molecule has 3 rings (SSSR count). The third-order valence-electron chi connectivity index (χ3n) is 3.87. The molecule has 3 aromatic rings. The van der Waals surface area contributed by atoms with Crippen LogP contribution in [0.4, 0.5) is 0 Å². The second kappa shape index (κ2) is 8.47. The van der Waals surface area contributed by atoms with E-state index in [1.54, 1.807) is 30.3 Å². The molecule has 0 aliphatic heterocycles. The van der Waals surface area contributed by atoms with Crippen molar-refractivity contribution >= 4 is 11.6 Å². The predicted molar refractivity (Wildman–Crippen MR) is 103 cm³/mol. The van der Waals surface area contributed by atoms with Gasteiger partial charge in [0.1, 0.15) is 58.4 Å². The van der Waals surface area contributed by atoms with E-state index in [9.17, 15) is 10.5 Å². The molecule has 0 aliphatic carbocycles. The Bertz CT molecular complexity index is 1270. The van der Waals surface area contributed by atoms with Gasteiger partial charge in [0.25, 0.3) is 0 Å². The minimum Gasteiger partial charge on any atom is -0.456 e. The number of nitrogens with zero attached hydrogens (tertiary/aromatic N) is 4. The number of halogens is 1. The molecule has 0 saturated heterocycles. The standard InChI is InChI=1S/C22H9ClN4O2/c23-19-8-7-16(28-20-5-1-3-14(10-24)17(20)12-26)9-22(19)29-21-6-2-4-15(11-25)18(21)13-27/h1-9H. The summed E-state index contributed by atoms with van der Waals surface area (Å²) in [5.41, 5.74) is 0.578. The van der Waals surface area contributed by atoms with Gasteiger partial charge in [0, 0.05) is 6.07 Å². The summed E-state index contributed by atoms with van der Waals surface area (Å²) in [4.78, 5) is 0. The summed E-state index contributed by atoms with van der Waals surface area (Å²) >= 11 is 6.20. The molecule has 7 heteroatoms. The maximum atomic E-state index is 9.34. The fourth-order valence-electron chi connectivity index (χ4n) is 2.52. The highest BCUT2D eigenvalue weighted by Gasteiger charge is 2.14.